The Labute approximate surface area is 112 Å². The first-order chi connectivity index (χ1) is 8.77. The quantitative estimate of drug-likeness (QED) is 0.496. The molecule has 1 fully saturated rings. The third-order valence-corrected chi connectivity index (χ3v) is 5.12. The van der Waals surface area contributed by atoms with Crippen LogP contribution in [0.3, 0.4) is 0 Å². The van der Waals surface area contributed by atoms with Crippen molar-refractivity contribution in [1.29, 1.82) is 0 Å². The number of esters is 2. The van der Waals surface area contributed by atoms with E-state index < -0.39 is 17.4 Å². The molecule has 0 aromatic carbocycles. The van der Waals surface area contributed by atoms with Crippen molar-refractivity contribution in [2.45, 2.75) is 46.5 Å². The lowest BCUT2D eigenvalue weighted by Gasteiger charge is -2.51. The van der Waals surface area contributed by atoms with Gasteiger partial charge in [0.25, 0.3) is 0 Å². The molecule has 0 unspecified atom stereocenters. The lowest BCUT2D eigenvalue weighted by Crippen LogP contribution is -2.50. The summed E-state index contributed by atoms with van der Waals surface area (Å²) in [7, 11) is 0. The Hall–Kier alpha value is -1.45. The first kappa shape index (κ1) is 12.6. The second-order valence-corrected chi connectivity index (χ2v) is 6.87. The highest BCUT2D eigenvalue weighted by Crippen LogP contribution is 2.59. The zero-order valence-electron chi connectivity index (χ0n) is 11.5. The molecule has 0 aromatic rings. The van der Waals surface area contributed by atoms with Crippen LogP contribution in [-0.4, -0.2) is 17.7 Å². The van der Waals surface area contributed by atoms with Gasteiger partial charge in [-0.25, -0.2) is 9.59 Å². The molecule has 0 radical (unpaired) electrons. The SMILES string of the molecule is CC1(C)CCC[C@]2(C)C3=C(CC(=O)[C@@H]12)C(=O)OC3=O. The molecule has 19 heavy (non-hydrogen) atoms. The summed E-state index contributed by atoms with van der Waals surface area (Å²) < 4.78 is 4.73. The maximum atomic E-state index is 12.5. The van der Waals surface area contributed by atoms with Crippen molar-refractivity contribution >= 4 is 17.7 Å². The highest BCUT2D eigenvalue weighted by Gasteiger charge is 2.59. The average Bonchev–Trinajstić information content (AvgIpc) is 2.52. The van der Waals surface area contributed by atoms with Gasteiger partial charge in [-0.3, -0.25) is 4.79 Å². The number of hydrogen-bond acceptors (Lipinski definition) is 4. The molecule has 0 amide bonds. The van der Waals surface area contributed by atoms with E-state index in [9.17, 15) is 14.4 Å². The van der Waals surface area contributed by atoms with Gasteiger partial charge >= 0.3 is 11.9 Å². The number of ether oxygens (including phenoxy) is 1. The molecule has 0 aromatic heterocycles. The van der Waals surface area contributed by atoms with E-state index in [2.05, 4.69) is 13.8 Å². The van der Waals surface area contributed by atoms with Crippen LogP contribution in [0.25, 0.3) is 0 Å². The minimum absolute atomic E-state index is 0.0591. The summed E-state index contributed by atoms with van der Waals surface area (Å²) in [5, 5.41) is 0. The topological polar surface area (TPSA) is 60.4 Å². The van der Waals surface area contributed by atoms with Crippen LogP contribution in [0.4, 0.5) is 0 Å². The average molecular weight is 262 g/mol. The Morgan fingerprint density at radius 2 is 1.74 bits per heavy atom. The van der Waals surface area contributed by atoms with E-state index >= 15 is 0 Å². The number of cyclic esters (lactones) is 2. The van der Waals surface area contributed by atoms with E-state index in [-0.39, 0.29) is 23.5 Å². The van der Waals surface area contributed by atoms with Crippen LogP contribution in [0, 0.1) is 16.7 Å². The summed E-state index contributed by atoms with van der Waals surface area (Å²) in [6, 6.07) is 0. The summed E-state index contributed by atoms with van der Waals surface area (Å²) in [6.07, 6.45) is 2.77. The lowest BCUT2D eigenvalue weighted by molar-refractivity contribution is -0.151. The van der Waals surface area contributed by atoms with Crippen molar-refractivity contribution < 1.29 is 19.1 Å². The maximum Gasteiger partial charge on any atom is 0.343 e. The molecule has 2 atom stereocenters. The number of ketones is 1. The molecule has 102 valence electrons. The maximum absolute atomic E-state index is 12.5. The zero-order valence-corrected chi connectivity index (χ0v) is 11.5. The van der Waals surface area contributed by atoms with Crippen LogP contribution in [0.2, 0.25) is 0 Å². The standard InChI is InChI=1S/C15H18O4/c1-14(2)5-4-6-15(3)10-8(7-9(16)11(14)15)12(17)19-13(10)18/h11H,4-7H2,1-3H3/t11-,15+/m0/s1. The first-order valence-electron chi connectivity index (χ1n) is 6.80. The summed E-state index contributed by atoms with van der Waals surface area (Å²) in [5.74, 6) is -1.25. The van der Waals surface area contributed by atoms with Gasteiger partial charge in [-0.1, -0.05) is 27.2 Å². The van der Waals surface area contributed by atoms with E-state index in [0.29, 0.717) is 11.1 Å². The van der Waals surface area contributed by atoms with Gasteiger partial charge in [0.15, 0.2) is 0 Å². The smallest absolute Gasteiger partial charge is 0.343 e. The van der Waals surface area contributed by atoms with Gasteiger partial charge in [-0.2, -0.15) is 0 Å². The summed E-state index contributed by atoms with van der Waals surface area (Å²) >= 11 is 0. The minimum Gasteiger partial charge on any atom is -0.386 e. The van der Waals surface area contributed by atoms with Crippen molar-refractivity contribution in [3.8, 4) is 0 Å². The van der Waals surface area contributed by atoms with Crippen LogP contribution >= 0.6 is 0 Å². The molecule has 3 aliphatic rings. The fourth-order valence-electron chi connectivity index (χ4n) is 4.56. The van der Waals surface area contributed by atoms with Crippen LogP contribution in [0.5, 0.6) is 0 Å². The molecule has 1 saturated carbocycles. The van der Waals surface area contributed by atoms with Crippen LogP contribution in [0.15, 0.2) is 11.1 Å². The van der Waals surface area contributed by atoms with E-state index in [1.54, 1.807) is 0 Å². The van der Waals surface area contributed by atoms with Gasteiger partial charge in [0.2, 0.25) is 0 Å². The molecule has 1 aliphatic heterocycles. The first-order valence-corrected chi connectivity index (χ1v) is 6.80. The van der Waals surface area contributed by atoms with Crippen molar-refractivity contribution in [2.24, 2.45) is 16.7 Å². The van der Waals surface area contributed by atoms with E-state index in [4.69, 9.17) is 4.74 Å². The number of Topliss-reactive ketones (excluding diaryl/α,β-unsaturated/α-hetero) is 1. The fourth-order valence-corrected chi connectivity index (χ4v) is 4.56. The highest BCUT2D eigenvalue weighted by atomic mass is 16.6. The van der Waals surface area contributed by atoms with Crippen LogP contribution < -0.4 is 0 Å². The van der Waals surface area contributed by atoms with Gasteiger partial charge in [0, 0.05) is 17.8 Å². The number of fused-ring (bicyclic) bond motifs is 2. The molecular weight excluding hydrogens is 244 g/mol. The number of hydrogen-bond donors (Lipinski definition) is 0. The molecule has 4 nitrogen and oxygen atoms in total. The van der Waals surface area contributed by atoms with Gasteiger partial charge in [-0.15, -0.1) is 0 Å². The monoisotopic (exact) mass is 262 g/mol. The molecule has 0 saturated heterocycles. The molecule has 3 rings (SSSR count). The van der Waals surface area contributed by atoms with Crippen LogP contribution in [0.1, 0.15) is 46.5 Å². The van der Waals surface area contributed by atoms with Gasteiger partial charge < -0.3 is 4.74 Å². The molecule has 0 spiro atoms. The van der Waals surface area contributed by atoms with Crippen molar-refractivity contribution in [2.75, 3.05) is 0 Å². The van der Waals surface area contributed by atoms with Crippen molar-refractivity contribution in [3.05, 3.63) is 11.1 Å². The normalized spacial score (nSPS) is 37.0. The third-order valence-electron chi connectivity index (χ3n) is 5.12. The van der Waals surface area contributed by atoms with Crippen molar-refractivity contribution in [3.63, 3.8) is 0 Å². The second kappa shape index (κ2) is 3.56. The molecule has 0 N–H and O–H groups in total. The molecule has 1 heterocycles. The van der Waals surface area contributed by atoms with Gasteiger partial charge in [0.1, 0.15) is 5.78 Å². The Morgan fingerprint density at radius 3 is 2.42 bits per heavy atom. The highest BCUT2D eigenvalue weighted by molar-refractivity contribution is 6.17. The molecular formula is C15H18O4. The Balaban J connectivity index is 2.20. The predicted octanol–water partition coefficient (Wildman–Crippen LogP) is 2.17. The van der Waals surface area contributed by atoms with E-state index in [1.807, 2.05) is 6.92 Å². The second-order valence-electron chi connectivity index (χ2n) is 6.87. The molecule has 2 aliphatic carbocycles. The summed E-state index contributed by atoms with van der Waals surface area (Å²) in [6.45, 7) is 6.12. The lowest BCUT2D eigenvalue weighted by atomic mass is 9.50. The summed E-state index contributed by atoms with van der Waals surface area (Å²) in [4.78, 5) is 36.2. The van der Waals surface area contributed by atoms with E-state index in [0.717, 1.165) is 19.3 Å². The Kier molecular flexibility index (Phi) is 2.35. The number of carbonyl (C=O) groups is 3. The third kappa shape index (κ3) is 1.49. The number of rotatable bonds is 0. The largest absolute Gasteiger partial charge is 0.386 e. The zero-order chi connectivity index (χ0) is 14.0. The Bertz CT molecular complexity index is 540. The Morgan fingerprint density at radius 1 is 1.05 bits per heavy atom. The molecule has 0 bridgehead atoms. The number of carbonyl (C=O) groups excluding carboxylic acids is 3. The fraction of sp³-hybridized carbons (Fsp3) is 0.667. The summed E-state index contributed by atoms with van der Waals surface area (Å²) in [5.41, 5.74) is 0.130. The van der Waals surface area contributed by atoms with Crippen molar-refractivity contribution in [1.82, 2.24) is 0 Å². The molecule has 4 heteroatoms. The van der Waals surface area contributed by atoms with Gasteiger partial charge in [-0.05, 0) is 18.3 Å². The van der Waals surface area contributed by atoms with E-state index in [1.165, 1.54) is 0 Å². The van der Waals surface area contributed by atoms with Gasteiger partial charge in [0.05, 0.1) is 11.1 Å². The predicted molar refractivity (Wildman–Crippen MR) is 67.0 cm³/mol. The van der Waals surface area contributed by atoms with Crippen LogP contribution in [-0.2, 0) is 19.1 Å². The minimum atomic E-state index is -0.614.